The molecule has 0 saturated carbocycles. The van der Waals surface area contributed by atoms with Crippen molar-refractivity contribution in [2.45, 2.75) is 71.1 Å². The Morgan fingerprint density at radius 3 is 1.91 bits per heavy atom. The summed E-state index contributed by atoms with van der Waals surface area (Å²) in [6, 6.07) is 8.62. The molecule has 0 unspecified atom stereocenters. The molecule has 0 heterocycles. The Labute approximate surface area is 150 Å². The van der Waals surface area contributed by atoms with E-state index in [0.717, 1.165) is 19.3 Å². The molecule has 1 aromatic rings. The summed E-state index contributed by atoms with van der Waals surface area (Å²) in [6.07, 6.45) is 11.1. The van der Waals surface area contributed by atoms with Crippen LogP contribution in [0, 0.1) is 0 Å². The van der Waals surface area contributed by atoms with E-state index in [0.29, 0.717) is 12.0 Å². The summed E-state index contributed by atoms with van der Waals surface area (Å²) in [5.41, 5.74) is 0.419. The van der Waals surface area contributed by atoms with Crippen LogP contribution in [0.4, 0.5) is 0 Å². The fraction of sp³-hybridized carbons (Fsp3) is 0.579. The van der Waals surface area contributed by atoms with Crippen LogP contribution < -0.4 is 0 Å². The molecule has 0 aliphatic rings. The lowest BCUT2D eigenvalue weighted by Gasteiger charge is -2.03. The molecule has 0 aliphatic carbocycles. The Morgan fingerprint density at radius 1 is 0.826 bits per heavy atom. The van der Waals surface area contributed by atoms with Gasteiger partial charge in [-0.2, -0.15) is 0 Å². The number of hydrogen-bond donors (Lipinski definition) is 0. The van der Waals surface area contributed by atoms with Crippen LogP contribution in [-0.4, -0.2) is 29.3 Å². The van der Waals surface area contributed by atoms with Crippen molar-refractivity contribution in [2.75, 3.05) is 0 Å². The van der Waals surface area contributed by atoms with Crippen LogP contribution in [0.25, 0.3) is 0 Å². The first kappa shape index (κ1) is 21.9. The maximum atomic E-state index is 11.7. The summed E-state index contributed by atoms with van der Waals surface area (Å²) in [5.74, 6) is -0.974. The number of rotatable bonds is 11. The van der Waals surface area contributed by atoms with E-state index in [4.69, 9.17) is 4.74 Å². The third-order valence-corrected chi connectivity index (χ3v) is 3.70. The van der Waals surface area contributed by atoms with E-state index in [1.807, 2.05) is 6.07 Å². The minimum absolute atomic E-state index is 0. The summed E-state index contributed by atoms with van der Waals surface area (Å²) >= 11 is 0. The zero-order valence-electron chi connectivity index (χ0n) is 13.7. The van der Waals surface area contributed by atoms with E-state index in [1.54, 1.807) is 24.3 Å². The van der Waals surface area contributed by atoms with Crippen molar-refractivity contribution < 1.29 is 14.3 Å². The smallest absolute Gasteiger partial charge is 0.345 e. The Kier molecular flexibility index (Phi) is 13.8. The molecule has 3 nitrogen and oxygen atoms in total. The average Bonchev–Trinajstić information content (AvgIpc) is 2.54. The summed E-state index contributed by atoms with van der Waals surface area (Å²) in [5, 5.41) is 0. The van der Waals surface area contributed by atoms with Crippen LogP contribution >= 0.6 is 0 Å². The molecule has 0 saturated heterocycles. The largest absolute Gasteiger partial charge is 0.389 e. The Balaban J connectivity index is 0.00000484. The topological polar surface area (TPSA) is 43.4 Å². The highest BCUT2D eigenvalue weighted by molar-refractivity contribution is 5.96. The van der Waals surface area contributed by atoms with Crippen LogP contribution in [0.5, 0.6) is 0 Å². The molecule has 0 aromatic heterocycles. The molecule has 23 heavy (non-hydrogen) atoms. The predicted octanol–water partition coefficient (Wildman–Crippen LogP) is 4.11. The fourth-order valence-electron chi connectivity index (χ4n) is 2.37. The second kappa shape index (κ2) is 14.5. The van der Waals surface area contributed by atoms with Gasteiger partial charge in [0, 0.05) is 6.42 Å². The van der Waals surface area contributed by atoms with Crippen molar-refractivity contribution in [2.24, 2.45) is 0 Å². The van der Waals surface area contributed by atoms with Crippen molar-refractivity contribution in [3.05, 3.63) is 35.9 Å². The Bertz CT molecular complexity index is 432. The zero-order chi connectivity index (χ0) is 16.0. The maximum absolute atomic E-state index is 11.7. The van der Waals surface area contributed by atoms with Crippen LogP contribution in [0.3, 0.4) is 0 Å². The van der Waals surface area contributed by atoms with Crippen molar-refractivity contribution >= 4 is 29.3 Å². The number of ether oxygens (including phenoxy) is 1. The number of hydrogen-bond acceptors (Lipinski definition) is 3. The molecule has 0 fully saturated rings. The first-order chi connectivity index (χ1) is 10.7. The monoisotopic (exact) mass is 334 g/mol. The number of benzene rings is 1. The van der Waals surface area contributed by atoms with Gasteiger partial charge in [-0.05, 0) is 18.6 Å². The molecule has 4 heteroatoms. The molecule has 0 radical (unpaired) electrons. The van der Waals surface area contributed by atoms with Gasteiger partial charge in [-0.25, -0.2) is 4.79 Å². The summed E-state index contributed by atoms with van der Waals surface area (Å²) < 4.78 is 4.83. The number of carbonyl (C=O) groups excluding carboxylic acids is 2. The van der Waals surface area contributed by atoms with Crippen molar-refractivity contribution in [3.8, 4) is 0 Å². The SMILES string of the molecule is CCCCCCCCCCCC(=O)OC(=O)c1ccccc1.[AlH3]. The van der Waals surface area contributed by atoms with Crippen molar-refractivity contribution in [1.82, 2.24) is 0 Å². The Morgan fingerprint density at radius 2 is 1.35 bits per heavy atom. The second-order valence-electron chi connectivity index (χ2n) is 5.71. The number of esters is 2. The van der Waals surface area contributed by atoms with Crippen LogP contribution in [0.2, 0.25) is 0 Å². The fourth-order valence-corrected chi connectivity index (χ4v) is 2.37. The van der Waals surface area contributed by atoms with Crippen molar-refractivity contribution in [1.29, 1.82) is 0 Å². The van der Waals surface area contributed by atoms with E-state index in [1.165, 1.54) is 38.5 Å². The van der Waals surface area contributed by atoms with Gasteiger partial charge >= 0.3 is 11.9 Å². The molecular formula is C19H31AlO3. The summed E-state index contributed by atoms with van der Waals surface area (Å²) in [6.45, 7) is 2.22. The normalized spacial score (nSPS) is 9.96. The van der Waals surface area contributed by atoms with Gasteiger partial charge in [-0.1, -0.05) is 76.5 Å². The lowest BCUT2D eigenvalue weighted by Crippen LogP contribution is -2.12. The van der Waals surface area contributed by atoms with Gasteiger partial charge in [-0.15, -0.1) is 0 Å². The second-order valence-corrected chi connectivity index (χ2v) is 5.71. The molecule has 0 aliphatic heterocycles. The van der Waals surface area contributed by atoms with E-state index >= 15 is 0 Å². The van der Waals surface area contributed by atoms with Crippen LogP contribution in [0.15, 0.2) is 30.3 Å². The molecular weight excluding hydrogens is 303 g/mol. The predicted molar refractivity (Wildman–Crippen MR) is 98.6 cm³/mol. The van der Waals surface area contributed by atoms with Gasteiger partial charge in [-0.3, -0.25) is 4.79 Å². The quantitative estimate of drug-likeness (QED) is 0.265. The lowest BCUT2D eigenvalue weighted by atomic mass is 10.1. The van der Waals surface area contributed by atoms with E-state index < -0.39 is 11.9 Å². The Hall–Kier alpha value is -1.11. The molecule has 1 aromatic carbocycles. The number of unbranched alkanes of at least 4 members (excludes halogenated alkanes) is 8. The van der Waals surface area contributed by atoms with Gasteiger partial charge in [0.25, 0.3) is 0 Å². The van der Waals surface area contributed by atoms with Gasteiger partial charge in [0.1, 0.15) is 0 Å². The highest BCUT2D eigenvalue weighted by Gasteiger charge is 2.11. The van der Waals surface area contributed by atoms with Crippen LogP contribution in [-0.2, 0) is 9.53 Å². The molecule has 0 N–H and O–H groups in total. The minimum atomic E-state index is -0.554. The zero-order valence-corrected chi connectivity index (χ0v) is 13.7. The standard InChI is InChI=1S/C19H28O3.Al.3H/c1-2-3-4-5-6-7-8-9-13-16-18(20)22-19(21)17-14-11-10-12-15-17;;;;/h10-12,14-15H,2-9,13,16H2,1H3;;;;. The van der Waals surface area contributed by atoms with Gasteiger partial charge in [0.15, 0.2) is 17.4 Å². The summed E-state index contributed by atoms with van der Waals surface area (Å²) in [7, 11) is 0. The van der Waals surface area contributed by atoms with Gasteiger partial charge in [0.2, 0.25) is 0 Å². The van der Waals surface area contributed by atoms with E-state index in [2.05, 4.69) is 6.92 Å². The molecule has 0 atom stereocenters. The first-order valence-corrected chi connectivity index (χ1v) is 8.54. The molecule has 0 spiro atoms. The molecule has 0 amide bonds. The van der Waals surface area contributed by atoms with Crippen molar-refractivity contribution in [3.63, 3.8) is 0 Å². The third-order valence-electron chi connectivity index (χ3n) is 3.70. The van der Waals surface area contributed by atoms with E-state index in [-0.39, 0.29) is 17.4 Å². The minimum Gasteiger partial charge on any atom is -0.389 e. The third kappa shape index (κ3) is 11.1. The average molecular weight is 334 g/mol. The highest BCUT2D eigenvalue weighted by Crippen LogP contribution is 2.11. The highest BCUT2D eigenvalue weighted by atomic mass is 27.0. The van der Waals surface area contributed by atoms with Gasteiger partial charge in [0.05, 0.1) is 5.56 Å². The van der Waals surface area contributed by atoms with Gasteiger partial charge < -0.3 is 4.74 Å². The van der Waals surface area contributed by atoms with E-state index in [9.17, 15) is 9.59 Å². The lowest BCUT2D eigenvalue weighted by molar-refractivity contribution is -0.138. The molecule has 1 rings (SSSR count). The molecule has 0 bridgehead atoms. The number of carbonyl (C=O) groups is 2. The molecule has 128 valence electrons. The van der Waals surface area contributed by atoms with Crippen LogP contribution in [0.1, 0.15) is 81.5 Å². The summed E-state index contributed by atoms with van der Waals surface area (Å²) in [4.78, 5) is 23.3. The maximum Gasteiger partial charge on any atom is 0.345 e. The first-order valence-electron chi connectivity index (χ1n) is 8.54.